The fourth-order valence-corrected chi connectivity index (χ4v) is 5.84. The molecule has 140 valence electrons. The number of para-hydroxylation sites is 1. The summed E-state index contributed by atoms with van der Waals surface area (Å²) in [5.74, 6) is 0. The second-order valence-electron chi connectivity index (χ2n) is 6.70. The van der Waals surface area contributed by atoms with Crippen LogP contribution in [-0.2, 0) is 13.6 Å². The van der Waals surface area contributed by atoms with E-state index in [1.807, 2.05) is 17.9 Å². The highest BCUT2D eigenvalue weighted by molar-refractivity contribution is 7.80. The standard InChI is InChI=1S/C23H23N4P/c1-26(18-19-17-24-25-27(19)2)22-15-9-10-16-23(22)28(20-11-5-3-6-12-20)21-13-7-4-8-14-21/h3-17H,18H2,1-2H3. The Morgan fingerprint density at radius 2 is 1.39 bits per heavy atom. The van der Waals surface area contributed by atoms with Crippen LogP contribution in [0.1, 0.15) is 5.69 Å². The van der Waals surface area contributed by atoms with Crippen molar-refractivity contribution in [2.45, 2.75) is 6.54 Å². The molecule has 0 radical (unpaired) electrons. The Kier molecular flexibility index (Phi) is 5.50. The van der Waals surface area contributed by atoms with Gasteiger partial charge in [-0.15, -0.1) is 5.10 Å². The predicted octanol–water partition coefficient (Wildman–Crippen LogP) is 3.21. The summed E-state index contributed by atoms with van der Waals surface area (Å²) in [4.78, 5) is 2.29. The average molecular weight is 386 g/mol. The summed E-state index contributed by atoms with van der Waals surface area (Å²) in [7, 11) is 3.42. The molecule has 5 heteroatoms. The van der Waals surface area contributed by atoms with Gasteiger partial charge in [0, 0.05) is 25.1 Å². The largest absolute Gasteiger partial charge is 0.368 e. The minimum Gasteiger partial charge on any atom is -0.368 e. The molecule has 0 aliphatic carbocycles. The predicted molar refractivity (Wildman–Crippen MR) is 118 cm³/mol. The summed E-state index contributed by atoms with van der Waals surface area (Å²) >= 11 is 0. The van der Waals surface area contributed by atoms with Crippen molar-refractivity contribution in [1.82, 2.24) is 15.0 Å². The van der Waals surface area contributed by atoms with Crippen LogP contribution in [0.2, 0.25) is 0 Å². The molecule has 0 saturated heterocycles. The average Bonchev–Trinajstić information content (AvgIpc) is 3.14. The maximum atomic E-state index is 4.06. The number of aryl methyl sites for hydroxylation is 1. The number of benzene rings is 3. The molecule has 4 aromatic rings. The van der Waals surface area contributed by atoms with Gasteiger partial charge < -0.3 is 4.90 Å². The van der Waals surface area contributed by atoms with Crippen molar-refractivity contribution in [3.8, 4) is 0 Å². The van der Waals surface area contributed by atoms with E-state index in [4.69, 9.17) is 0 Å². The van der Waals surface area contributed by atoms with Gasteiger partial charge in [0.2, 0.25) is 0 Å². The molecular formula is C23H23N4P. The minimum absolute atomic E-state index is 0.650. The zero-order chi connectivity index (χ0) is 19.3. The molecule has 4 rings (SSSR count). The molecule has 0 atom stereocenters. The van der Waals surface area contributed by atoms with Crippen molar-refractivity contribution in [2.24, 2.45) is 7.05 Å². The van der Waals surface area contributed by atoms with E-state index in [2.05, 4.69) is 107 Å². The minimum atomic E-state index is -0.650. The van der Waals surface area contributed by atoms with Gasteiger partial charge in [0.25, 0.3) is 0 Å². The molecule has 0 saturated carbocycles. The number of hydrogen-bond donors (Lipinski definition) is 0. The normalized spacial score (nSPS) is 11.0. The Hall–Kier alpha value is -2.97. The van der Waals surface area contributed by atoms with E-state index >= 15 is 0 Å². The fraction of sp³-hybridized carbons (Fsp3) is 0.130. The van der Waals surface area contributed by atoms with Crippen LogP contribution in [0, 0.1) is 0 Å². The maximum absolute atomic E-state index is 4.06. The Morgan fingerprint density at radius 1 is 0.821 bits per heavy atom. The van der Waals surface area contributed by atoms with E-state index < -0.39 is 7.92 Å². The molecule has 28 heavy (non-hydrogen) atoms. The topological polar surface area (TPSA) is 34.0 Å². The summed E-state index contributed by atoms with van der Waals surface area (Å²) in [5, 5.41) is 12.1. The summed E-state index contributed by atoms with van der Waals surface area (Å²) in [6, 6.07) is 30.3. The number of hydrogen-bond acceptors (Lipinski definition) is 3. The first kappa shape index (κ1) is 18.4. The van der Waals surface area contributed by atoms with E-state index in [1.165, 1.54) is 21.6 Å². The summed E-state index contributed by atoms with van der Waals surface area (Å²) < 4.78 is 1.83. The number of anilines is 1. The van der Waals surface area contributed by atoms with E-state index in [1.54, 1.807) is 0 Å². The number of rotatable bonds is 6. The smallest absolute Gasteiger partial charge is 0.0776 e. The molecule has 0 unspecified atom stereocenters. The molecule has 0 spiro atoms. The molecule has 4 nitrogen and oxygen atoms in total. The Morgan fingerprint density at radius 3 is 1.96 bits per heavy atom. The third-order valence-electron chi connectivity index (χ3n) is 4.77. The van der Waals surface area contributed by atoms with Gasteiger partial charge in [0.05, 0.1) is 18.4 Å². The molecule has 0 bridgehead atoms. The first-order chi connectivity index (χ1) is 13.7. The zero-order valence-corrected chi connectivity index (χ0v) is 17.0. The number of nitrogens with zero attached hydrogens (tertiary/aromatic N) is 4. The highest BCUT2D eigenvalue weighted by Gasteiger charge is 2.21. The van der Waals surface area contributed by atoms with Crippen molar-refractivity contribution in [2.75, 3.05) is 11.9 Å². The third-order valence-corrected chi connectivity index (χ3v) is 7.26. The van der Waals surface area contributed by atoms with Crippen LogP contribution in [-0.4, -0.2) is 22.0 Å². The lowest BCUT2D eigenvalue weighted by Crippen LogP contribution is -2.28. The van der Waals surface area contributed by atoms with Gasteiger partial charge in [0.1, 0.15) is 0 Å². The van der Waals surface area contributed by atoms with Gasteiger partial charge in [-0.1, -0.05) is 84.1 Å². The highest BCUT2D eigenvalue weighted by Crippen LogP contribution is 2.36. The summed E-state index contributed by atoms with van der Waals surface area (Å²) in [6.07, 6.45) is 1.83. The van der Waals surface area contributed by atoms with Crippen LogP contribution in [0.15, 0.2) is 91.1 Å². The fourth-order valence-electron chi connectivity index (χ4n) is 3.34. The first-order valence-corrected chi connectivity index (χ1v) is 10.6. The van der Waals surface area contributed by atoms with Crippen molar-refractivity contribution >= 4 is 29.5 Å². The van der Waals surface area contributed by atoms with Crippen molar-refractivity contribution < 1.29 is 0 Å². The van der Waals surface area contributed by atoms with Crippen LogP contribution in [0.3, 0.4) is 0 Å². The van der Waals surface area contributed by atoms with Gasteiger partial charge in [-0.05, 0) is 24.6 Å². The van der Waals surface area contributed by atoms with E-state index in [-0.39, 0.29) is 0 Å². The molecule has 0 fully saturated rings. The summed E-state index contributed by atoms with van der Waals surface area (Å²) in [6.45, 7) is 0.757. The van der Waals surface area contributed by atoms with Crippen LogP contribution in [0.25, 0.3) is 0 Å². The lowest BCUT2D eigenvalue weighted by Gasteiger charge is -2.27. The highest BCUT2D eigenvalue weighted by atomic mass is 31.1. The first-order valence-electron chi connectivity index (χ1n) is 9.28. The lowest BCUT2D eigenvalue weighted by atomic mass is 10.3. The van der Waals surface area contributed by atoms with E-state index in [0.29, 0.717) is 0 Å². The van der Waals surface area contributed by atoms with Crippen molar-refractivity contribution in [3.05, 3.63) is 96.8 Å². The lowest BCUT2D eigenvalue weighted by molar-refractivity contribution is 0.670. The molecular weight excluding hydrogens is 363 g/mol. The van der Waals surface area contributed by atoms with Gasteiger partial charge in [0.15, 0.2) is 0 Å². The molecule has 0 aliphatic heterocycles. The quantitative estimate of drug-likeness (QED) is 0.477. The Balaban J connectivity index is 1.78. The van der Waals surface area contributed by atoms with Crippen LogP contribution >= 0.6 is 7.92 Å². The maximum Gasteiger partial charge on any atom is 0.0776 e. The molecule has 0 aliphatic rings. The Labute approximate surface area is 167 Å². The zero-order valence-electron chi connectivity index (χ0n) is 16.1. The second-order valence-corrected chi connectivity index (χ2v) is 8.89. The van der Waals surface area contributed by atoms with Gasteiger partial charge >= 0.3 is 0 Å². The van der Waals surface area contributed by atoms with Crippen LogP contribution in [0.5, 0.6) is 0 Å². The van der Waals surface area contributed by atoms with Gasteiger partial charge in [-0.25, -0.2) is 0 Å². The van der Waals surface area contributed by atoms with E-state index in [9.17, 15) is 0 Å². The van der Waals surface area contributed by atoms with E-state index in [0.717, 1.165) is 12.2 Å². The summed E-state index contributed by atoms with van der Waals surface area (Å²) in [5.41, 5.74) is 2.32. The molecule has 0 amide bonds. The second kappa shape index (κ2) is 8.37. The SMILES string of the molecule is CN(Cc1cnnn1C)c1ccccc1P(c1ccccc1)c1ccccc1. The van der Waals surface area contributed by atoms with Crippen molar-refractivity contribution in [1.29, 1.82) is 0 Å². The molecule has 3 aromatic carbocycles. The molecule has 1 aromatic heterocycles. The number of aromatic nitrogens is 3. The molecule has 1 heterocycles. The third kappa shape index (κ3) is 3.83. The van der Waals surface area contributed by atoms with Gasteiger partial charge in [-0.3, -0.25) is 4.68 Å². The van der Waals surface area contributed by atoms with Crippen LogP contribution in [0.4, 0.5) is 5.69 Å². The van der Waals surface area contributed by atoms with Gasteiger partial charge in [-0.2, -0.15) is 0 Å². The monoisotopic (exact) mass is 386 g/mol. The Bertz CT molecular complexity index is 991. The van der Waals surface area contributed by atoms with Crippen molar-refractivity contribution in [3.63, 3.8) is 0 Å². The molecule has 0 N–H and O–H groups in total. The van der Waals surface area contributed by atoms with Crippen LogP contribution < -0.4 is 20.8 Å².